The third-order valence-electron chi connectivity index (χ3n) is 3.00. The molecule has 0 aliphatic rings. The molecule has 2 N–H and O–H groups in total. The van der Waals surface area contributed by atoms with Crippen LogP contribution in [0.4, 0.5) is 5.69 Å². The molecule has 0 aliphatic carbocycles. The fraction of sp³-hybridized carbons (Fsp3) is 0.200. The van der Waals surface area contributed by atoms with Gasteiger partial charge in [-0.25, -0.2) is 8.42 Å². The molecular weight excluding hydrogens is 308 g/mol. The molecule has 21 heavy (non-hydrogen) atoms. The first-order chi connectivity index (χ1) is 9.94. The Balaban J connectivity index is 2.39. The zero-order chi connectivity index (χ0) is 15.5. The molecule has 0 radical (unpaired) electrons. The van der Waals surface area contributed by atoms with Crippen LogP contribution in [0.25, 0.3) is 0 Å². The lowest BCUT2D eigenvalue weighted by molar-refractivity contribution is 0.599. The number of aryl methyl sites for hydroxylation is 1. The van der Waals surface area contributed by atoms with E-state index in [0.29, 0.717) is 22.8 Å². The van der Waals surface area contributed by atoms with Gasteiger partial charge < -0.3 is 5.32 Å². The maximum Gasteiger partial charge on any atom is 0.262 e. The third-order valence-corrected chi connectivity index (χ3v) is 4.78. The minimum Gasteiger partial charge on any atom is -0.316 e. The van der Waals surface area contributed by atoms with Crippen LogP contribution < -0.4 is 10.0 Å². The molecule has 0 amide bonds. The number of halogens is 1. The molecule has 2 aromatic rings. The largest absolute Gasteiger partial charge is 0.316 e. The highest BCUT2D eigenvalue weighted by Crippen LogP contribution is 2.26. The van der Waals surface area contributed by atoms with E-state index in [9.17, 15) is 8.42 Å². The first-order valence-corrected chi connectivity index (χ1v) is 8.31. The van der Waals surface area contributed by atoms with E-state index < -0.39 is 10.0 Å². The van der Waals surface area contributed by atoms with E-state index in [1.54, 1.807) is 37.4 Å². The van der Waals surface area contributed by atoms with E-state index in [4.69, 9.17) is 11.6 Å². The Morgan fingerprint density at radius 3 is 2.52 bits per heavy atom. The monoisotopic (exact) mass is 324 g/mol. The lowest BCUT2D eigenvalue weighted by Crippen LogP contribution is -2.17. The lowest BCUT2D eigenvalue weighted by Gasteiger charge is -2.13. The molecule has 0 fully saturated rings. The molecule has 0 saturated heterocycles. The normalized spacial score (nSPS) is 11.4. The van der Waals surface area contributed by atoms with Gasteiger partial charge in [0.1, 0.15) is 0 Å². The van der Waals surface area contributed by atoms with Gasteiger partial charge in [0.15, 0.2) is 0 Å². The van der Waals surface area contributed by atoms with Crippen LogP contribution in [-0.2, 0) is 16.6 Å². The van der Waals surface area contributed by atoms with Crippen molar-refractivity contribution in [1.82, 2.24) is 5.32 Å². The number of nitrogens with one attached hydrogen (secondary N) is 2. The van der Waals surface area contributed by atoms with Gasteiger partial charge in [-0.2, -0.15) is 0 Å². The van der Waals surface area contributed by atoms with Gasteiger partial charge in [-0.3, -0.25) is 4.72 Å². The summed E-state index contributed by atoms with van der Waals surface area (Å²) >= 11 is 6.08. The number of sulfonamides is 1. The summed E-state index contributed by atoms with van der Waals surface area (Å²) in [6.45, 7) is 2.37. The Kier molecular flexibility index (Phi) is 4.88. The first kappa shape index (κ1) is 15.8. The van der Waals surface area contributed by atoms with Gasteiger partial charge in [-0.05, 0) is 43.3 Å². The lowest BCUT2D eigenvalue weighted by atomic mass is 10.2. The third kappa shape index (κ3) is 3.75. The molecule has 4 nitrogen and oxygen atoms in total. The van der Waals surface area contributed by atoms with E-state index in [1.165, 1.54) is 0 Å². The Morgan fingerprint density at radius 1 is 1.14 bits per heavy atom. The summed E-state index contributed by atoms with van der Waals surface area (Å²) in [6, 6.07) is 12.1. The molecule has 2 rings (SSSR count). The van der Waals surface area contributed by atoms with Crippen LogP contribution in [0.5, 0.6) is 0 Å². The second-order valence-electron chi connectivity index (χ2n) is 4.73. The summed E-state index contributed by atoms with van der Waals surface area (Å²) in [5.74, 6) is 0. The maximum atomic E-state index is 12.5. The zero-order valence-electron chi connectivity index (χ0n) is 11.9. The summed E-state index contributed by atoms with van der Waals surface area (Å²) < 4.78 is 27.6. The number of rotatable bonds is 5. The van der Waals surface area contributed by atoms with Crippen molar-refractivity contribution in [2.24, 2.45) is 0 Å². The number of anilines is 1. The van der Waals surface area contributed by atoms with Gasteiger partial charge in [0.05, 0.1) is 15.6 Å². The average molecular weight is 325 g/mol. The fourth-order valence-electron chi connectivity index (χ4n) is 2.01. The molecule has 0 saturated carbocycles. The second-order valence-corrected chi connectivity index (χ2v) is 6.78. The Hall–Kier alpha value is -1.56. The van der Waals surface area contributed by atoms with Crippen LogP contribution in [0.1, 0.15) is 11.1 Å². The molecule has 0 spiro atoms. The predicted octanol–water partition coefficient (Wildman–Crippen LogP) is 3.17. The molecule has 2 aromatic carbocycles. The summed E-state index contributed by atoms with van der Waals surface area (Å²) in [5.41, 5.74) is 2.05. The molecule has 0 atom stereocenters. The number of hydrogen-bond donors (Lipinski definition) is 2. The van der Waals surface area contributed by atoms with Crippen LogP contribution in [0, 0.1) is 6.92 Å². The summed E-state index contributed by atoms with van der Waals surface area (Å²) in [5, 5.41) is 3.34. The van der Waals surface area contributed by atoms with Crippen molar-refractivity contribution >= 4 is 27.3 Å². The van der Waals surface area contributed by atoms with Crippen molar-refractivity contribution in [3.8, 4) is 0 Å². The van der Waals surface area contributed by atoms with Crippen molar-refractivity contribution in [3.05, 3.63) is 58.6 Å². The van der Waals surface area contributed by atoms with Gasteiger partial charge in [0.25, 0.3) is 10.0 Å². The van der Waals surface area contributed by atoms with Crippen molar-refractivity contribution < 1.29 is 8.42 Å². The molecule has 0 aliphatic heterocycles. The van der Waals surface area contributed by atoms with Gasteiger partial charge in [-0.1, -0.05) is 35.9 Å². The van der Waals surface area contributed by atoms with E-state index in [2.05, 4.69) is 10.0 Å². The SMILES string of the molecule is CNCc1ccccc1S(=O)(=O)Nc1ccc(C)cc1Cl. The van der Waals surface area contributed by atoms with E-state index in [-0.39, 0.29) is 4.90 Å². The molecule has 0 unspecified atom stereocenters. The summed E-state index contributed by atoms with van der Waals surface area (Å²) in [7, 11) is -1.90. The molecule has 0 heterocycles. The summed E-state index contributed by atoms with van der Waals surface area (Å²) in [4.78, 5) is 0.246. The van der Waals surface area contributed by atoms with Crippen LogP contribution in [0.2, 0.25) is 5.02 Å². The Morgan fingerprint density at radius 2 is 1.86 bits per heavy atom. The molecule has 6 heteroatoms. The van der Waals surface area contributed by atoms with Crippen molar-refractivity contribution in [2.45, 2.75) is 18.4 Å². The maximum absolute atomic E-state index is 12.5. The summed E-state index contributed by atoms with van der Waals surface area (Å²) in [6.07, 6.45) is 0. The van der Waals surface area contributed by atoms with Gasteiger partial charge >= 0.3 is 0 Å². The standard InChI is InChI=1S/C15H17ClN2O2S/c1-11-7-8-14(13(16)9-11)18-21(19,20)15-6-4-3-5-12(15)10-17-2/h3-9,17-18H,10H2,1-2H3. The predicted molar refractivity (Wildman–Crippen MR) is 86.2 cm³/mol. The van der Waals surface area contributed by atoms with Gasteiger partial charge in [-0.15, -0.1) is 0 Å². The first-order valence-electron chi connectivity index (χ1n) is 6.45. The van der Waals surface area contributed by atoms with Crippen LogP contribution in [-0.4, -0.2) is 15.5 Å². The van der Waals surface area contributed by atoms with Crippen molar-refractivity contribution in [2.75, 3.05) is 11.8 Å². The number of hydrogen-bond acceptors (Lipinski definition) is 3. The van der Waals surface area contributed by atoms with E-state index in [0.717, 1.165) is 5.56 Å². The average Bonchev–Trinajstić information content (AvgIpc) is 2.43. The van der Waals surface area contributed by atoms with E-state index >= 15 is 0 Å². The highest BCUT2D eigenvalue weighted by atomic mass is 35.5. The topological polar surface area (TPSA) is 58.2 Å². The van der Waals surface area contributed by atoms with Gasteiger partial charge in [0.2, 0.25) is 0 Å². The zero-order valence-corrected chi connectivity index (χ0v) is 13.4. The van der Waals surface area contributed by atoms with Crippen LogP contribution in [0.15, 0.2) is 47.4 Å². The fourth-order valence-corrected chi connectivity index (χ4v) is 3.66. The smallest absolute Gasteiger partial charge is 0.262 e. The Labute approximate surface area is 130 Å². The minimum absolute atomic E-state index is 0.246. The highest BCUT2D eigenvalue weighted by Gasteiger charge is 2.19. The van der Waals surface area contributed by atoms with E-state index in [1.807, 2.05) is 19.1 Å². The van der Waals surface area contributed by atoms with Crippen LogP contribution in [0.3, 0.4) is 0 Å². The molecule has 0 aromatic heterocycles. The van der Waals surface area contributed by atoms with Gasteiger partial charge in [0, 0.05) is 6.54 Å². The second kappa shape index (κ2) is 6.47. The molecule has 112 valence electrons. The molecule has 0 bridgehead atoms. The molecular formula is C15H17ClN2O2S. The van der Waals surface area contributed by atoms with Crippen LogP contribution >= 0.6 is 11.6 Å². The Bertz CT molecular complexity index is 745. The van der Waals surface area contributed by atoms with Crippen molar-refractivity contribution in [3.63, 3.8) is 0 Å². The number of benzene rings is 2. The quantitative estimate of drug-likeness (QED) is 0.888. The van der Waals surface area contributed by atoms with Crippen molar-refractivity contribution in [1.29, 1.82) is 0 Å². The highest BCUT2D eigenvalue weighted by molar-refractivity contribution is 7.92. The minimum atomic E-state index is -3.68.